The molecule has 0 aliphatic heterocycles. The van der Waals surface area contributed by atoms with Gasteiger partial charge in [-0.25, -0.2) is 0 Å². The molecule has 0 unspecified atom stereocenters. The zero-order chi connectivity index (χ0) is 26.2. The van der Waals surface area contributed by atoms with Crippen molar-refractivity contribution in [3.63, 3.8) is 0 Å². The second kappa shape index (κ2) is 9.30. The average molecular weight is 515 g/mol. The summed E-state index contributed by atoms with van der Waals surface area (Å²) < 4.78 is 33.4. The lowest BCUT2D eigenvalue weighted by Gasteiger charge is -2.07. The molecule has 0 bridgehead atoms. The summed E-state index contributed by atoms with van der Waals surface area (Å²) in [4.78, 5) is -0.613. The van der Waals surface area contributed by atoms with Gasteiger partial charge in [-0.2, -0.15) is 8.42 Å². The second-order valence-electron chi connectivity index (χ2n) is 7.99. The highest BCUT2D eigenvalue weighted by molar-refractivity contribution is 7.85. The first-order chi connectivity index (χ1) is 17.7. The Bertz CT molecular complexity index is 1740. The van der Waals surface area contributed by atoms with Crippen molar-refractivity contribution >= 4 is 54.4 Å². The molecule has 0 aromatic heterocycles. The number of hydrogen-bond donors (Lipinski definition) is 4. The summed E-state index contributed by atoms with van der Waals surface area (Å²) in [5, 5.41) is 50.0. The Hall–Kier alpha value is -4.87. The number of fused-ring (bicyclic) bond motifs is 2. The maximum atomic E-state index is 11.9. The number of rotatable bonds is 5. The van der Waals surface area contributed by atoms with E-state index in [-0.39, 0.29) is 34.2 Å². The molecular formula is C26H18N4O6S. The van der Waals surface area contributed by atoms with Crippen LogP contribution >= 0.6 is 0 Å². The summed E-state index contributed by atoms with van der Waals surface area (Å²) in [7, 11) is -4.73. The van der Waals surface area contributed by atoms with Crippen LogP contribution in [0.5, 0.6) is 17.2 Å². The maximum absolute atomic E-state index is 11.9. The molecule has 5 aromatic carbocycles. The minimum absolute atomic E-state index is 0.0959. The van der Waals surface area contributed by atoms with E-state index in [1.54, 1.807) is 36.4 Å². The van der Waals surface area contributed by atoms with Crippen LogP contribution in [0, 0.1) is 0 Å². The number of phenolic OH excluding ortho intramolecular Hbond substituents is 3. The predicted molar refractivity (Wildman–Crippen MR) is 137 cm³/mol. The van der Waals surface area contributed by atoms with Gasteiger partial charge in [0.2, 0.25) is 0 Å². The molecule has 0 heterocycles. The molecule has 0 aliphatic carbocycles. The number of nitrogens with zero attached hydrogens (tertiary/aromatic N) is 4. The standard InChI is InChI=1S/C26H18N4O6S/c31-22-11-9-15-5-1-3-7-18(15)24(22)29-27-20-13-17(37(34,35)36)14-21(26(20)33)28-30-25-19-8-4-2-6-16(19)10-12-23(25)32/h1-14,31-33H,(H,34,35,36). The van der Waals surface area contributed by atoms with Crippen LogP contribution in [0.2, 0.25) is 0 Å². The average Bonchev–Trinajstić information content (AvgIpc) is 2.88. The lowest BCUT2D eigenvalue weighted by Crippen LogP contribution is -1.97. The van der Waals surface area contributed by atoms with Gasteiger partial charge in [-0.05, 0) is 35.0 Å². The Labute approximate surface area is 210 Å². The van der Waals surface area contributed by atoms with Crippen molar-refractivity contribution in [3.05, 3.63) is 84.9 Å². The minimum Gasteiger partial charge on any atom is -0.506 e. The van der Waals surface area contributed by atoms with Crippen molar-refractivity contribution in [2.75, 3.05) is 0 Å². The van der Waals surface area contributed by atoms with Crippen molar-refractivity contribution in [2.24, 2.45) is 20.5 Å². The molecule has 0 saturated heterocycles. The van der Waals surface area contributed by atoms with E-state index in [9.17, 15) is 28.3 Å². The Balaban J connectivity index is 1.64. The zero-order valence-electron chi connectivity index (χ0n) is 18.9. The van der Waals surface area contributed by atoms with Crippen molar-refractivity contribution in [1.82, 2.24) is 0 Å². The first-order valence-corrected chi connectivity index (χ1v) is 12.3. The lowest BCUT2D eigenvalue weighted by molar-refractivity contribution is 0.472. The molecular weight excluding hydrogens is 496 g/mol. The number of hydrogen-bond acceptors (Lipinski definition) is 9. The van der Waals surface area contributed by atoms with Crippen molar-refractivity contribution in [2.45, 2.75) is 4.90 Å². The highest BCUT2D eigenvalue weighted by Gasteiger charge is 2.18. The van der Waals surface area contributed by atoms with Crippen LogP contribution in [0.25, 0.3) is 21.5 Å². The molecule has 0 saturated carbocycles. The summed E-state index contributed by atoms with van der Waals surface area (Å²) in [6, 6.07) is 22.2. The topological polar surface area (TPSA) is 165 Å². The van der Waals surface area contributed by atoms with E-state index in [1.165, 1.54) is 12.1 Å². The highest BCUT2D eigenvalue weighted by atomic mass is 32.2. The van der Waals surface area contributed by atoms with E-state index in [0.717, 1.165) is 22.9 Å². The lowest BCUT2D eigenvalue weighted by atomic mass is 10.1. The van der Waals surface area contributed by atoms with Gasteiger partial charge in [-0.3, -0.25) is 4.55 Å². The monoisotopic (exact) mass is 514 g/mol. The van der Waals surface area contributed by atoms with Crippen LogP contribution in [0.3, 0.4) is 0 Å². The first-order valence-electron chi connectivity index (χ1n) is 10.8. The van der Waals surface area contributed by atoms with Crippen LogP contribution < -0.4 is 0 Å². The second-order valence-corrected chi connectivity index (χ2v) is 9.42. The van der Waals surface area contributed by atoms with Gasteiger partial charge in [0, 0.05) is 10.8 Å². The van der Waals surface area contributed by atoms with Crippen LogP contribution in [0.1, 0.15) is 0 Å². The highest BCUT2D eigenvalue weighted by Crippen LogP contribution is 2.43. The van der Waals surface area contributed by atoms with Gasteiger partial charge in [0.1, 0.15) is 34.2 Å². The molecule has 184 valence electrons. The number of aromatic hydroxyl groups is 3. The summed E-state index contributed by atoms with van der Waals surface area (Å²) >= 11 is 0. The summed E-state index contributed by atoms with van der Waals surface area (Å²) in [6.07, 6.45) is 0. The molecule has 0 spiro atoms. The van der Waals surface area contributed by atoms with E-state index in [0.29, 0.717) is 10.8 Å². The molecule has 0 fully saturated rings. The van der Waals surface area contributed by atoms with E-state index in [4.69, 9.17) is 0 Å². The first kappa shape index (κ1) is 23.9. The number of benzene rings is 5. The van der Waals surface area contributed by atoms with Crippen molar-refractivity contribution in [1.29, 1.82) is 0 Å². The van der Waals surface area contributed by atoms with Gasteiger partial charge >= 0.3 is 0 Å². The summed E-state index contributed by atoms with van der Waals surface area (Å²) in [5.41, 5.74) is -0.505. The van der Waals surface area contributed by atoms with E-state index >= 15 is 0 Å². The van der Waals surface area contributed by atoms with Gasteiger partial charge in [0.05, 0.1) is 4.90 Å². The Kier molecular flexibility index (Phi) is 5.99. The van der Waals surface area contributed by atoms with E-state index < -0.39 is 20.8 Å². The Morgan fingerprint density at radius 3 is 1.43 bits per heavy atom. The molecule has 0 aliphatic rings. The maximum Gasteiger partial charge on any atom is 0.294 e. The smallest absolute Gasteiger partial charge is 0.294 e. The van der Waals surface area contributed by atoms with Crippen LogP contribution in [0.15, 0.2) is 110 Å². The largest absolute Gasteiger partial charge is 0.506 e. The molecule has 0 radical (unpaired) electrons. The SMILES string of the molecule is O=S(=O)(O)c1cc(N=Nc2c(O)ccc3ccccc23)c(O)c(N=Nc2c(O)ccc3ccccc23)c1. The molecule has 0 atom stereocenters. The Morgan fingerprint density at radius 2 is 1.00 bits per heavy atom. The normalized spacial score (nSPS) is 12.2. The van der Waals surface area contributed by atoms with Crippen LogP contribution in [-0.2, 0) is 10.1 Å². The number of azo groups is 2. The summed E-state index contributed by atoms with van der Waals surface area (Å²) in [6.45, 7) is 0. The fourth-order valence-corrected chi connectivity index (χ4v) is 4.31. The van der Waals surface area contributed by atoms with Crippen LogP contribution in [0.4, 0.5) is 22.7 Å². The third-order valence-electron chi connectivity index (χ3n) is 5.62. The molecule has 10 nitrogen and oxygen atoms in total. The summed E-state index contributed by atoms with van der Waals surface area (Å²) in [5.74, 6) is -0.946. The predicted octanol–water partition coefficient (Wildman–Crippen LogP) is 7.19. The third-order valence-corrected chi connectivity index (χ3v) is 6.45. The van der Waals surface area contributed by atoms with Gasteiger partial charge in [-0.1, -0.05) is 60.7 Å². The fourth-order valence-electron chi connectivity index (χ4n) is 3.79. The van der Waals surface area contributed by atoms with Gasteiger partial charge in [0.15, 0.2) is 5.75 Å². The van der Waals surface area contributed by atoms with Gasteiger partial charge in [0.25, 0.3) is 10.1 Å². The molecule has 4 N–H and O–H groups in total. The van der Waals surface area contributed by atoms with Crippen molar-refractivity contribution < 1.29 is 28.3 Å². The number of phenols is 3. The van der Waals surface area contributed by atoms with E-state index in [2.05, 4.69) is 20.5 Å². The van der Waals surface area contributed by atoms with Crippen LogP contribution in [-0.4, -0.2) is 28.3 Å². The molecule has 11 heteroatoms. The Morgan fingerprint density at radius 1 is 0.568 bits per heavy atom. The van der Waals surface area contributed by atoms with Crippen molar-refractivity contribution in [3.8, 4) is 17.2 Å². The molecule has 5 aromatic rings. The zero-order valence-corrected chi connectivity index (χ0v) is 19.7. The minimum atomic E-state index is -4.73. The molecule has 5 rings (SSSR count). The molecule has 37 heavy (non-hydrogen) atoms. The van der Waals surface area contributed by atoms with Gasteiger partial charge in [-0.15, -0.1) is 20.5 Å². The molecule has 0 amide bonds. The van der Waals surface area contributed by atoms with Gasteiger partial charge < -0.3 is 15.3 Å². The fraction of sp³-hybridized carbons (Fsp3) is 0. The third kappa shape index (κ3) is 4.68. The van der Waals surface area contributed by atoms with E-state index in [1.807, 2.05) is 24.3 Å². The quantitative estimate of drug-likeness (QED) is 0.143.